The van der Waals surface area contributed by atoms with Gasteiger partial charge in [-0.05, 0) is 35.9 Å². The monoisotopic (exact) mass is 423 g/mol. The van der Waals surface area contributed by atoms with E-state index in [0.717, 1.165) is 9.80 Å². The van der Waals surface area contributed by atoms with E-state index in [2.05, 4.69) is 5.32 Å². The molecule has 1 aliphatic rings. The number of hydrogen-bond acceptors (Lipinski definition) is 6. The lowest BCUT2D eigenvalue weighted by Gasteiger charge is -2.28. The standard InChI is InChI=1S/C22H21N3O6/c1-24-20(27)16(21(28)25(2)22(24)29)12-14-8-10-15(11-9-14)31-13-19(26)23-17-6-4-5-7-18(17)30-3/h4-12H,13H2,1-3H3,(H,23,26). The Kier molecular flexibility index (Phi) is 6.35. The summed E-state index contributed by atoms with van der Waals surface area (Å²) in [6, 6.07) is 12.8. The van der Waals surface area contributed by atoms with Gasteiger partial charge < -0.3 is 14.8 Å². The zero-order valence-electron chi connectivity index (χ0n) is 17.2. The third-order valence-corrected chi connectivity index (χ3v) is 4.59. The van der Waals surface area contributed by atoms with Crippen LogP contribution in [-0.2, 0) is 14.4 Å². The molecular weight excluding hydrogens is 402 g/mol. The molecule has 1 fully saturated rings. The van der Waals surface area contributed by atoms with Crippen molar-refractivity contribution in [3.8, 4) is 11.5 Å². The van der Waals surface area contributed by atoms with Gasteiger partial charge in [0.25, 0.3) is 17.7 Å². The number of barbiturate groups is 1. The predicted molar refractivity (Wildman–Crippen MR) is 112 cm³/mol. The summed E-state index contributed by atoms with van der Waals surface area (Å²) in [5.41, 5.74) is 0.990. The van der Waals surface area contributed by atoms with Crippen molar-refractivity contribution >= 4 is 35.5 Å². The minimum atomic E-state index is -0.678. The molecule has 1 heterocycles. The number of carbonyl (C=O) groups is 4. The van der Waals surface area contributed by atoms with Gasteiger partial charge in [-0.2, -0.15) is 0 Å². The number of methoxy groups -OCH3 is 1. The van der Waals surface area contributed by atoms with E-state index in [9.17, 15) is 19.2 Å². The number of rotatable bonds is 6. The second-order valence-electron chi connectivity index (χ2n) is 6.68. The molecule has 31 heavy (non-hydrogen) atoms. The van der Waals surface area contributed by atoms with Crippen LogP contribution in [0.3, 0.4) is 0 Å². The third-order valence-electron chi connectivity index (χ3n) is 4.59. The number of nitrogens with zero attached hydrogens (tertiary/aromatic N) is 2. The average Bonchev–Trinajstić information content (AvgIpc) is 2.79. The fraction of sp³-hybridized carbons (Fsp3) is 0.182. The topological polar surface area (TPSA) is 105 Å². The van der Waals surface area contributed by atoms with Gasteiger partial charge in [-0.3, -0.25) is 24.2 Å². The first-order valence-electron chi connectivity index (χ1n) is 9.29. The van der Waals surface area contributed by atoms with E-state index in [4.69, 9.17) is 9.47 Å². The molecule has 0 atom stereocenters. The van der Waals surface area contributed by atoms with Gasteiger partial charge in [-0.1, -0.05) is 24.3 Å². The Labute approximate surface area is 178 Å². The number of ether oxygens (including phenoxy) is 2. The van der Waals surface area contributed by atoms with E-state index in [-0.39, 0.29) is 18.1 Å². The molecule has 2 aromatic carbocycles. The Hall–Kier alpha value is -4.14. The number of likely N-dealkylation sites (N-methyl/N-ethyl adjacent to an activating group) is 2. The van der Waals surface area contributed by atoms with E-state index in [1.165, 1.54) is 27.3 Å². The number of para-hydroxylation sites is 2. The number of benzene rings is 2. The van der Waals surface area contributed by atoms with Gasteiger partial charge in [0.05, 0.1) is 12.8 Å². The first-order valence-corrected chi connectivity index (χ1v) is 9.29. The van der Waals surface area contributed by atoms with E-state index >= 15 is 0 Å². The van der Waals surface area contributed by atoms with E-state index in [1.54, 1.807) is 48.5 Å². The van der Waals surface area contributed by atoms with Crippen LogP contribution in [0.15, 0.2) is 54.1 Å². The number of hydrogen-bond donors (Lipinski definition) is 1. The highest BCUT2D eigenvalue weighted by Gasteiger charge is 2.37. The summed E-state index contributed by atoms with van der Waals surface area (Å²) in [5, 5.41) is 2.71. The fourth-order valence-corrected chi connectivity index (χ4v) is 2.89. The van der Waals surface area contributed by atoms with Crippen LogP contribution in [0.2, 0.25) is 0 Å². The molecule has 5 amide bonds. The Morgan fingerprint density at radius 2 is 1.58 bits per heavy atom. The van der Waals surface area contributed by atoms with Crippen molar-refractivity contribution in [2.24, 2.45) is 0 Å². The van der Waals surface area contributed by atoms with E-state index in [1.807, 2.05) is 0 Å². The van der Waals surface area contributed by atoms with Crippen LogP contribution < -0.4 is 14.8 Å². The molecule has 0 unspecified atom stereocenters. The highest BCUT2D eigenvalue weighted by Crippen LogP contribution is 2.23. The van der Waals surface area contributed by atoms with Crippen LogP contribution in [0.4, 0.5) is 10.5 Å². The lowest BCUT2D eigenvalue weighted by atomic mass is 10.1. The molecule has 0 radical (unpaired) electrons. The summed E-state index contributed by atoms with van der Waals surface area (Å²) in [5.74, 6) is -0.714. The van der Waals surface area contributed by atoms with Gasteiger partial charge >= 0.3 is 6.03 Å². The van der Waals surface area contributed by atoms with Gasteiger partial charge in [0, 0.05) is 14.1 Å². The highest BCUT2D eigenvalue weighted by atomic mass is 16.5. The second kappa shape index (κ2) is 9.12. The molecule has 0 aromatic heterocycles. The zero-order chi connectivity index (χ0) is 22.5. The molecule has 1 aliphatic heterocycles. The second-order valence-corrected chi connectivity index (χ2v) is 6.68. The number of carbonyl (C=O) groups excluding carboxylic acids is 4. The molecule has 9 heteroatoms. The van der Waals surface area contributed by atoms with Crippen LogP contribution >= 0.6 is 0 Å². The third kappa shape index (κ3) is 4.72. The molecule has 0 saturated carbocycles. The molecule has 0 aliphatic carbocycles. The van der Waals surface area contributed by atoms with Crippen molar-refractivity contribution in [2.75, 3.05) is 33.1 Å². The Balaban J connectivity index is 1.63. The molecule has 0 spiro atoms. The van der Waals surface area contributed by atoms with Crippen molar-refractivity contribution < 1.29 is 28.7 Å². The number of urea groups is 1. The lowest BCUT2D eigenvalue weighted by Crippen LogP contribution is -2.52. The Morgan fingerprint density at radius 1 is 0.968 bits per heavy atom. The largest absolute Gasteiger partial charge is 0.495 e. The van der Waals surface area contributed by atoms with Crippen LogP contribution in [-0.4, -0.2) is 61.4 Å². The lowest BCUT2D eigenvalue weighted by molar-refractivity contribution is -0.134. The van der Waals surface area contributed by atoms with Gasteiger partial charge in [0.15, 0.2) is 6.61 Å². The summed E-state index contributed by atoms with van der Waals surface area (Å²) in [6.45, 7) is -0.215. The first kappa shape index (κ1) is 21.6. The summed E-state index contributed by atoms with van der Waals surface area (Å²) in [6.07, 6.45) is 1.41. The highest BCUT2D eigenvalue weighted by molar-refractivity contribution is 6.30. The molecule has 9 nitrogen and oxygen atoms in total. The van der Waals surface area contributed by atoms with Crippen LogP contribution in [0.1, 0.15) is 5.56 Å². The van der Waals surface area contributed by atoms with Crippen LogP contribution in [0.25, 0.3) is 6.08 Å². The number of nitrogens with one attached hydrogen (secondary N) is 1. The molecule has 160 valence electrons. The van der Waals surface area contributed by atoms with Crippen LogP contribution in [0.5, 0.6) is 11.5 Å². The maximum absolute atomic E-state index is 12.2. The van der Waals surface area contributed by atoms with Crippen molar-refractivity contribution in [1.29, 1.82) is 0 Å². The number of imide groups is 2. The van der Waals surface area contributed by atoms with Crippen molar-refractivity contribution in [2.45, 2.75) is 0 Å². The Bertz CT molecular complexity index is 1040. The average molecular weight is 423 g/mol. The minimum absolute atomic E-state index is 0.116. The van der Waals surface area contributed by atoms with E-state index in [0.29, 0.717) is 22.7 Å². The van der Waals surface area contributed by atoms with E-state index < -0.39 is 17.8 Å². The summed E-state index contributed by atoms with van der Waals surface area (Å²) < 4.78 is 10.7. The van der Waals surface area contributed by atoms with Gasteiger partial charge in [0.2, 0.25) is 0 Å². The number of anilines is 1. The molecule has 0 bridgehead atoms. The molecule has 3 rings (SSSR count). The maximum atomic E-state index is 12.2. The summed E-state index contributed by atoms with van der Waals surface area (Å²) in [7, 11) is 4.14. The first-order chi connectivity index (χ1) is 14.8. The smallest absolute Gasteiger partial charge is 0.333 e. The van der Waals surface area contributed by atoms with Crippen molar-refractivity contribution in [3.05, 3.63) is 59.7 Å². The fourth-order valence-electron chi connectivity index (χ4n) is 2.89. The van der Waals surface area contributed by atoms with Gasteiger partial charge in [-0.25, -0.2) is 4.79 Å². The number of amides is 5. The van der Waals surface area contributed by atoms with Crippen LogP contribution in [0, 0.1) is 0 Å². The molecule has 1 N–H and O–H groups in total. The zero-order valence-corrected chi connectivity index (χ0v) is 17.2. The van der Waals surface area contributed by atoms with Gasteiger partial charge in [-0.15, -0.1) is 0 Å². The summed E-state index contributed by atoms with van der Waals surface area (Å²) >= 11 is 0. The normalized spacial score (nSPS) is 13.9. The quantitative estimate of drug-likeness (QED) is 0.564. The Morgan fingerprint density at radius 3 is 2.19 bits per heavy atom. The minimum Gasteiger partial charge on any atom is -0.495 e. The maximum Gasteiger partial charge on any atom is 0.333 e. The van der Waals surface area contributed by atoms with Crippen molar-refractivity contribution in [1.82, 2.24) is 9.80 Å². The molecule has 1 saturated heterocycles. The summed E-state index contributed by atoms with van der Waals surface area (Å²) in [4.78, 5) is 50.2. The molecule has 2 aromatic rings. The molecular formula is C22H21N3O6. The van der Waals surface area contributed by atoms with Crippen molar-refractivity contribution in [3.63, 3.8) is 0 Å². The SMILES string of the molecule is COc1ccccc1NC(=O)COc1ccc(C=C2C(=O)N(C)C(=O)N(C)C2=O)cc1. The predicted octanol–water partition coefficient (Wildman–Crippen LogP) is 2.15. The van der Waals surface area contributed by atoms with Gasteiger partial charge in [0.1, 0.15) is 17.1 Å².